The first-order valence-corrected chi connectivity index (χ1v) is 9.23. The van der Waals surface area contributed by atoms with E-state index in [-0.39, 0.29) is 23.4 Å². The number of amides is 2. The van der Waals surface area contributed by atoms with Gasteiger partial charge in [0.2, 0.25) is 5.91 Å². The minimum Gasteiger partial charge on any atom is -0.355 e. The molecule has 3 aromatic rings. The first-order chi connectivity index (χ1) is 13.7. The first-order valence-electron chi connectivity index (χ1n) is 9.23. The number of nitrogens with one attached hydrogen (secondary N) is 1. The van der Waals surface area contributed by atoms with Gasteiger partial charge >= 0.3 is 0 Å². The minimum atomic E-state index is -0.248. The molecule has 7 heteroatoms. The Morgan fingerprint density at radius 1 is 1.14 bits per heavy atom. The third kappa shape index (κ3) is 3.93. The molecule has 3 heterocycles. The Balaban J connectivity index is 1.42. The third-order valence-electron chi connectivity index (χ3n) is 4.80. The number of rotatable bonds is 4. The van der Waals surface area contributed by atoms with E-state index in [0.29, 0.717) is 18.8 Å². The molecule has 7 nitrogen and oxygen atoms in total. The molecule has 0 aliphatic carbocycles. The number of aromatic nitrogens is 2. The molecule has 1 saturated heterocycles. The third-order valence-corrected chi connectivity index (χ3v) is 4.80. The Morgan fingerprint density at radius 3 is 2.79 bits per heavy atom. The van der Waals surface area contributed by atoms with Gasteiger partial charge in [-0.05, 0) is 37.1 Å². The lowest BCUT2D eigenvalue weighted by Crippen LogP contribution is -2.43. The molecule has 0 saturated carbocycles. The number of anilines is 1. The smallest absolute Gasteiger partial charge is 0.276 e. The van der Waals surface area contributed by atoms with Gasteiger partial charge in [0.15, 0.2) is 11.5 Å². The molecular formula is C21H20N4O3. The number of hydrogen-bond donors (Lipinski definition) is 1. The highest BCUT2D eigenvalue weighted by Gasteiger charge is 2.30. The van der Waals surface area contributed by atoms with Crippen molar-refractivity contribution in [2.45, 2.75) is 12.8 Å². The first kappa shape index (κ1) is 17.9. The maximum atomic E-state index is 12.8. The van der Waals surface area contributed by atoms with Gasteiger partial charge in [0.05, 0.1) is 5.92 Å². The number of carbonyl (C=O) groups is 2. The van der Waals surface area contributed by atoms with Crippen LogP contribution in [0.5, 0.6) is 0 Å². The number of para-hydroxylation sites is 1. The lowest BCUT2D eigenvalue weighted by Gasteiger charge is -2.31. The van der Waals surface area contributed by atoms with Crippen LogP contribution >= 0.6 is 0 Å². The number of likely N-dealkylation sites (tertiary alicyclic amines) is 1. The van der Waals surface area contributed by atoms with Gasteiger partial charge in [-0.2, -0.15) is 0 Å². The highest BCUT2D eigenvalue weighted by Crippen LogP contribution is 2.23. The van der Waals surface area contributed by atoms with E-state index in [2.05, 4.69) is 15.5 Å². The van der Waals surface area contributed by atoms with Crippen molar-refractivity contribution in [2.24, 2.45) is 5.92 Å². The molecular weight excluding hydrogens is 356 g/mol. The maximum Gasteiger partial charge on any atom is 0.276 e. The molecule has 1 unspecified atom stereocenters. The molecule has 0 bridgehead atoms. The topological polar surface area (TPSA) is 88.3 Å². The van der Waals surface area contributed by atoms with Gasteiger partial charge in [0, 0.05) is 42.8 Å². The van der Waals surface area contributed by atoms with Crippen molar-refractivity contribution in [3.8, 4) is 11.3 Å². The quantitative estimate of drug-likeness (QED) is 0.755. The Hall–Kier alpha value is -3.48. The van der Waals surface area contributed by atoms with Crippen LogP contribution in [0, 0.1) is 5.92 Å². The van der Waals surface area contributed by atoms with Crippen LogP contribution in [0.3, 0.4) is 0 Å². The summed E-state index contributed by atoms with van der Waals surface area (Å²) in [7, 11) is 0. The summed E-state index contributed by atoms with van der Waals surface area (Å²) in [5.41, 5.74) is 1.75. The van der Waals surface area contributed by atoms with Gasteiger partial charge in [-0.1, -0.05) is 23.4 Å². The van der Waals surface area contributed by atoms with Crippen molar-refractivity contribution >= 4 is 17.5 Å². The van der Waals surface area contributed by atoms with Crippen LogP contribution < -0.4 is 5.32 Å². The lowest BCUT2D eigenvalue weighted by molar-refractivity contribution is -0.121. The fourth-order valence-electron chi connectivity index (χ4n) is 3.32. The number of nitrogens with zero attached hydrogens (tertiary/aromatic N) is 3. The summed E-state index contributed by atoms with van der Waals surface area (Å²) in [6.07, 6.45) is 4.84. The van der Waals surface area contributed by atoms with Gasteiger partial charge in [-0.25, -0.2) is 0 Å². The van der Waals surface area contributed by atoms with E-state index in [0.717, 1.165) is 24.1 Å². The van der Waals surface area contributed by atoms with E-state index in [1.165, 1.54) is 0 Å². The van der Waals surface area contributed by atoms with Crippen molar-refractivity contribution in [2.75, 3.05) is 18.4 Å². The fraction of sp³-hybridized carbons (Fsp3) is 0.238. The van der Waals surface area contributed by atoms with E-state index < -0.39 is 0 Å². The van der Waals surface area contributed by atoms with Crippen LogP contribution in [0.1, 0.15) is 23.3 Å². The summed E-state index contributed by atoms with van der Waals surface area (Å²) in [4.78, 5) is 31.1. The molecule has 1 aromatic carbocycles. The van der Waals surface area contributed by atoms with Gasteiger partial charge in [0.25, 0.3) is 5.91 Å². The molecule has 1 fully saturated rings. The van der Waals surface area contributed by atoms with Crippen molar-refractivity contribution < 1.29 is 14.1 Å². The highest BCUT2D eigenvalue weighted by atomic mass is 16.5. The van der Waals surface area contributed by atoms with E-state index in [9.17, 15) is 9.59 Å². The molecule has 1 atom stereocenters. The van der Waals surface area contributed by atoms with Crippen molar-refractivity contribution in [3.05, 3.63) is 66.6 Å². The molecule has 2 aromatic heterocycles. The summed E-state index contributed by atoms with van der Waals surface area (Å²) in [6.45, 7) is 0.968. The minimum absolute atomic E-state index is 0.0695. The van der Waals surface area contributed by atoms with E-state index >= 15 is 0 Å². The predicted octanol–water partition coefficient (Wildman–Crippen LogP) is 3.23. The second-order valence-corrected chi connectivity index (χ2v) is 6.76. The zero-order valence-electron chi connectivity index (χ0n) is 15.2. The number of pyridine rings is 1. The predicted molar refractivity (Wildman–Crippen MR) is 103 cm³/mol. The second kappa shape index (κ2) is 8.04. The number of piperidine rings is 1. The van der Waals surface area contributed by atoms with Gasteiger partial charge in [-0.3, -0.25) is 14.6 Å². The van der Waals surface area contributed by atoms with Crippen molar-refractivity contribution in [1.29, 1.82) is 0 Å². The zero-order chi connectivity index (χ0) is 19.3. The van der Waals surface area contributed by atoms with Crippen LogP contribution in [-0.2, 0) is 4.79 Å². The normalized spacial score (nSPS) is 16.6. The number of carbonyl (C=O) groups excluding carboxylic acids is 2. The molecule has 0 spiro atoms. The fourth-order valence-corrected chi connectivity index (χ4v) is 3.32. The Bertz CT molecular complexity index is 956. The summed E-state index contributed by atoms with van der Waals surface area (Å²) in [5, 5.41) is 6.83. The Kier molecular flexibility index (Phi) is 5.14. The van der Waals surface area contributed by atoms with Crippen LogP contribution in [0.15, 0.2) is 65.4 Å². The van der Waals surface area contributed by atoms with Gasteiger partial charge in [-0.15, -0.1) is 0 Å². The molecule has 2 amide bonds. The van der Waals surface area contributed by atoms with Crippen LogP contribution in [0.25, 0.3) is 11.3 Å². The maximum absolute atomic E-state index is 12.8. The average Bonchev–Trinajstić information content (AvgIpc) is 3.25. The van der Waals surface area contributed by atoms with Crippen molar-refractivity contribution in [1.82, 2.24) is 15.0 Å². The SMILES string of the molecule is O=C(Nc1ccccc1)C1CCCN(C(=O)c2cc(-c3cccnc3)on2)C1. The van der Waals surface area contributed by atoms with E-state index in [1.807, 2.05) is 36.4 Å². The van der Waals surface area contributed by atoms with Gasteiger partial charge < -0.3 is 14.7 Å². The van der Waals surface area contributed by atoms with Crippen molar-refractivity contribution in [3.63, 3.8) is 0 Å². The molecule has 0 radical (unpaired) electrons. The number of benzene rings is 1. The lowest BCUT2D eigenvalue weighted by atomic mass is 9.96. The summed E-state index contributed by atoms with van der Waals surface area (Å²) < 4.78 is 5.30. The van der Waals surface area contributed by atoms with Crippen LogP contribution in [-0.4, -0.2) is 39.9 Å². The monoisotopic (exact) mass is 376 g/mol. The molecule has 4 rings (SSSR count). The zero-order valence-corrected chi connectivity index (χ0v) is 15.2. The highest BCUT2D eigenvalue weighted by molar-refractivity contribution is 5.95. The number of hydrogen-bond acceptors (Lipinski definition) is 5. The summed E-state index contributed by atoms with van der Waals surface area (Å²) in [5.74, 6) is -0.0505. The molecule has 28 heavy (non-hydrogen) atoms. The van der Waals surface area contributed by atoms with E-state index in [4.69, 9.17) is 4.52 Å². The van der Waals surface area contributed by atoms with Crippen LogP contribution in [0.4, 0.5) is 5.69 Å². The van der Waals surface area contributed by atoms with Gasteiger partial charge in [0.1, 0.15) is 0 Å². The summed E-state index contributed by atoms with van der Waals surface area (Å²) >= 11 is 0. The molecule has 142 valence electrons. The Morgan fingerprint density at radius 2 is 2.00 bits per heavy atom. The second-order valence-electron chi connectivity index (χ2n) is 6.76. The van der Waals surface area contributed by atoms with Crippen LogP contribution in [0.2, 0.25) is 0 Å². The molecule has 1 aliphatic rings. The summed E-state index contributed by atoms with van der Waals surface area (Å²) in [6, 6.07) is 14.6. The standard InChI is InChI=1S/C21H20N4O3/c26-20(23-17-8-2-1-3-9-17)16-7-5-11-25(14-16)21(27)18-12-19(28-24-18)15-6-4-10-22-13-15/h1-4,6,8-10,12-13,16H,5,7,11,14H2,(H,23,26). The largest absolute Gasteiger partial charge is 0.355 e. The average molecular weight is 376 g/mol. The Labute approximate surface area is 162 Å². The van der Waals surface area contributed by atoms with E-state index in [1.54, 1.807) is 29.4 Å². The molecule has 1 N–H and O–H groups in total. The molecule has 1 aliphatic heterocycles.